The van der Waals surface area contributed by atoms with E-state index in [1.165, 1.54) is 23.8 Å². The first-order valence-corrected chi connectivity index (χ1v) is 10.8. The number of benzene rings is 3. The van der Waals surface area contributed by atoms with Crippen LogP contribution in [0.2, 0.25) is 5.02 Å². The van der Waals surface area contributed by atoms with Crippen molar-refractivity contribution in [3.05, 3.63) is 100 Å². The van der Waals surface area contributed by atoms with Crippen molar-refractivity contribution < 1.29 is 17.6 Å². The highest BCUT2D eigenvalue weighted by molar-refractivity contribution is 6.31. The topological polar surface area (TPSA) is 3.24 Å². The molecule has 1 heterocycles. The van der Waals surface area contributed by atoms with Gasteiger partial charge >= 0.3 is 6.18 Å². The summed E-state index contributed by atoms with van der Waals surface area (Å²) in [5.41, 5.74) is 4.04. The summed E-state index contributed by atoms with van der Waals surface area (Å²) < 4.78 is 52.3. The lowest BCUT2D eigenvalue weighted by Gasteiger charge is -2.26. The molecule has 0 spiro atoms. The molecule has 1 aliphatic heterocycles. The van der Waals surface area contributed by atoms with Gasteiger partial charge in [0.2, 0.25) is 0 Å². The Morgan fingerprint density at radius 2 is 1.62 bits per heavy atom. The molecule has 3 aromatic carbocycles. The van der Waals surface area contributed by atoms with Gasteiger partial charge in [-0.15, -0.1) is 0 Å². The molecule has 0 aromatic heterocycles. The van der Waals surface area contributed by atoms with E-state index in [2.05, 4.69) is 17.0 Å². The SMILES string of the molecule is Fc1ccc(-c2ccc(CCN3CC=C(c4cccc(C(F)(F)F)c4)CC3)cc2)cc1Cl. The van der Waals surface area contributed by atoms with E-state index >= 15 is 0 Å². The van der Waals surface area contributed by atoms with E-state index in [1.807, 2.05) is 18.2 Å². The number of halogens is 5. The molecule has 0 amide bonds. The average molecular weight is 460 g/mol. The van der Waals surface area contributed by atoms with Crippen molar-refractivity contribution in [2.45, 2.75) is 19.0 Å². The number of nitrogens with zero attached hydrogens (tertiary/aromatic N) is 1. The zero-order valence-electron chi connectivity index (χ0n) is 17.3. The van der Waals surface area contributed by atoms with Crippen molar-refractivity contribution in [3.63, 3.8) is 0 Å². The van der Waals surface area contributed by atoms with Gasteiger partial charge in [0, 0.05) is 19.6 Å². The minimum atomic E-state index is -4.32. The summed E-state index contributed by atoms with van der Waals surface area (Å²) in [6, 6.07) is 18.4. The third kappa shape index (κ3) is 5.40. The second-order valence-corrected chi connectivity index (χ2v) is 8.34. The monoisotopic (exact) mass is 459 g/mol. The molecule has 0 saturated carbocycles. The number of hydrogen-bond donors (Lipinski definition) is 0. The molecular weight excluding hydrogens is 438 g/mol. The predicted octanol–water partition coefficient (Wildman–Crippen LogP) is 7.50. The van der Waals surface area contributed by atoms with E-state index in [-0.39, 0.29) is 5.02 Å². The van der Waals surface area contributed by atoms with Crippen molar-refractivity contribution in [1.82, 2.24) is 4.90 Å². The number of hydrogen-bond acceptors (Lipinski definition) is 1. The Hall–Kier alpha value is -2.63. The maximum Gasteiger partial charge on any atom is 0.416 e. The van der Waals surface area contributed by atoms with E-state index in [4.69, 9.17) is 11.6 Å². The van der Waals surface area contributed by atoms with Gasteiger partial charge < -0.3 is 0 Å². The van der Waals surface area contributed by atoms with Gasteiger partial charge in [-0.25, -0.2) is 4.39 Å². The Labute approximate surface area is 189 Å². The average Bonchev–Trinajstić information content (AvgIpc) is 2.80. The fraction of sp³-hybridized carbons (Fsp3) is 0.231. The molecule has 3 aromatic rings. The lowest BCUT2D eigenvalue weighted by atomic mass is 9.97. The van der Waals surface area contributed by atoms with Crippen molar-refractivity contribution in [2.24, 2.45) is 0 Å². The van der Waals surface area contributed by atoms with Gasteiger partial charge in [0.25, 0.3) is 0 Å². The lowest BCUT2D eigenvalue weighted by Crippen LogP contribution is -2.30. The van der Waals surface area contributed by atoms with Crippen molar-refractivity contribution in [1.29, 1.82) is 0 Å². The summed E-state index contributed by atoms with van der Waals surface area (Å²) in [6.07, 6.45) is -0.696. The molecule has 0 unspecified atom stereocenters. The van der Waals surface area contributed by atoms with Crippen LogP contribution in [-0.2, 0) is 12.6 Å². The minimum Gasteiger partial charge on any atom is -0.299 e. The molecule has 0 N–H and O–H groups in total. The third-order valence-electron chi connectivity index (χ3n) is 5.78. The highest BCUT2D eigenvalue weighted by atomic mass is 35.5. The van der Waals surface area contributed by atoms with Crippen LogP contribution in [0.25, 0.3) is 16.7 Å². The second kappa shape index (κ2) is 9.47. The maximum atomic E-state index is 13.4. The fourth-order valence-corrected chi connectivity index (χ4v) is 4.08. The van der Waals surface area contributed by atoms with Crippen LogP contribution in [0, 0.1) is 5.82 Å². The van der Waals surface area contributed by atoms with E-state index < -0.39 is 17.6 Å². The zero-order chi connectivity index (χ0) is 22.7. The molecule has 0 aliphatic carbocycles. The standard InChI is InChI=1S/C26H22ClF4N/c27-24-17-22(8-9-25(24)28)19-6-4-18(5-7-19)10-13-32-14-11-20(12-15-32)21-2-1-3-23(16-21)26(29,30)31/h1-9,11,16-17H,10,12-15H2. The number of alkyl halides is 3. The van der Waals surface area contributed by atoms with Crippen molar-refractivity contribution >= 4 is 17.2 Å². The molecule has 6 heteroatoms. The van der Waals surface area contributed by atoms with E-state index in [1.54, 1.807) is 18.2 Å². The van der Waals surface area contributed by atoms with Crippen LogP contribution in [0.1, 0.15) is 23.1 Å². The molecule has 0 fully saturated rings. The Morgan fingerprint density at radius 1 is 0.875 bits per heavy atom. The molecule has 0 atom stereocenters. The van der Waals surface area contributed by atoms with E-state index in [0.717, 1.165) is 55.2 Å². The van der Waals surface area contributed by atoms with Gasteiger partial charge in [-0.05, 0) is 64.9 Å². The van der Waals surface area contributed by atoms with Crippen molar-refractivity contribution in [3.8, 4) is 11.1 Å². The molecule has 4 rings (SSSR count). The fourth-order valence-electron chi connectivity index (χ4n) is 3.90. The summed E-state index contributed by atoms with van der Waals surface area (Å²) in [5.74, 6) is -0.432. The van der Waals surface area contributed by atoms with Gasteiger partial charge in [0.1, 0.15) is 5.82 Å². The summed E-state index contributed by atoms with van der Waals surface area (Å²) in [7, 11) is 0. The van der Waals surface area contributed by atoms with Crippen LogP contribution < -0.4 is 0 Å². The quantitative estimate of drug-likeness (QED) is 0.357. The van der Waals surface area contributed by atoms with Crippen LogP contribution >= 0.6 is 11.6 Å². The lowest BCUT2D eigenvalue weighted by molar-refractivity contribution is -0.137. The largest absolute Gasteiger partial charge is 0.416 e. The van der Waals surface area contributed by atoms with E-state index in [9.17, 15) is 17.6 Å². The maximum absolute atomic E-state index is 13.4. The Morgan fingerprint density at radius 3 is 2.28 bits per heavy atom. The highest BCUT2D eigenvalue weighted by Gasteiger charge is 2.30. The van der Waals surface area contributed by atoms with E-state index in [0.29, 0.717) is 5.56 Å². The Bertz CT molecular complexity index is 1120. The van der Waals surface area contributed by atoms with Crippen LogP contribution in [-0.4, -0.2) is 24.5 Å². The normalized spacial score (nSPS) is 15.0. The molecular formula is C26H22ClF4N. The summed E-state index contributed by atoms with van der Waals surface area (Å²) >= 11 is 5.87. The molecule has 1 aliphatic rings. The van der Waals surface area contributed by atoms with Crippen LogP contribution in [0.4, 0.5) is 17.6 Å². The summed E-state index contributed by atoms with van der Waals surface area (Å²) in [5, 5.41) is 0.106. The van der Waals surface area contributed by atoms with Gasteiger partial charge in [0.05, 0.1) is 10.6 Å². The number of rotatable bonds is 5. The molecule has 0 radical (unpaired) electrons. The van der Waals surface area contributed by atoms with Gasteiger partial charge in [-0.2, -0.15) is 13.2 Å². The first-order valence-electron chi connectivity index (χ1n) is 10.4. The molecule has 166 valence electrons. The van der Waals surface area contributed by atoms with Crippen LogP contribution in [0.5, 0.6) is 0 Å². The van der Waals surface area contributed by atoms with Crippen LogP contribution in [0.3, 0.4) is 0 Å². The first-order chi connectivity index (χ1) is 15.3. The highest BCUT2D eigenvalue weighted by Crippen LogP contribution is 2.32. The predicted molar refractivity (Wildman–Crippen MR) is 121 cm³/mol. The second-order valence-electron chi connectivity index (χ2n) is 7.93. The Kier molecular flexibility index (Phi) is 6.68. The molecule has 0 bridgehead atoms. The van der Waals surface area contributed by atoms with Crippen LogP contribution in [0.15, 0.2) is 72.8 Å². The molecule has 1 nitrogen and oxygen atoms in total. The third-order valence-corrected chi connectivity index (χ3v) is 6.07. The Balaban J connectivity index is 1.34. The van der Waals surface area contributed by atoms with Gasteiger partial charge in [-0.1, -0.05) is 60.1 Å². The van der Waals surface area contributed by atoms with Gasteiger partial charge in [0.15, 0.2) is 0 Å². The minimum absolute atomic E-state index is 0.106. The molecule has 32 heavy (non-hydrogen) atoms. The molecule has 0 saturated heterocycles. The van der Waals surface area contributed by atoms with Gasteiger partial charge in [-0.3, -0.25) is 4.90 Å². The zero-order valence-corrected chi connectivity index (χ0v) is 18.1. The summed E-state index contributed by atoms with van der Waals surface area (Å²) in [4.78, 5) is 2.30. The smallest absolute Gasteiger partial charge is 0.299 e. The first kappa shape index (κ1) is 22.6. The van der Waals surface area contributed by atoms with Crippen molar-refractivity contribution in [2.75, 3.05) is 19.6 Å². The summed E-state index contributed by atoms with van der Waals surface area (Å²) in [6.45, 7) is 2.40.